The molecule has 0 aromatic heterocycles. The monoisotopic (exact) mass is 250 g/mol. The van der Waals surface area contributed by atoms with Crippen molar-refractivity contribution >= 4 is 39.3 Å². The predicted octanol–water partition coefficient (Wildman–Crippen LogP) is 1.28. The number of rotatable bonds is 1. The summed E-state index contributed by atoms with van der Waals surface area (Å²) in [6.07, 6.45) is 0. The highest BCUT2D eigenvalue weighted by atomic mass is 79.9. The van der Waals surface area contributed by atoms with Gasteiger partial charge < -0.3 is 10.0 Å². The van der Waals surface area contributed by atoms with Crippen molar-refractivity contribution in [1.29, 1.82) is 0 Å². The van der Waals surface area contributed by atoms with Gasteiger partial charge in [0.2, 0.25) is 0 Å². The molecule has 0 bridgehead atoms. The van der Waals surface area contributed by atoms with Gasteiger partial charge in [-0.1, -0.05) is 46.3 Å². The first kappa shape index (κ1) is 9.71. The van der Waals surface area contributed by atoms with Crippen LogP contribution in [0.5, 0.6) is 0 Å². The first-order valence-corrected chi connectivity index (χ1v) is 5.02. The zero-order valence-corrected chi connectivity index (χ0v) is 8.90. The Morgan fingerprint density at radius 1 is 1.07 bits per heavy atom. The zero-order chi connectivity index (χ0) is 10.1. The molecule has 2 nitrogen and oxygen atoms in total. The normalized spacial score (nSPS) is 10.5. The Labute approximate surface area is 90.5 Å². The number of fused-ring (bicyclic) bond motifs is 1. The van der Waals surface area contributed by atoms with Crippen molar-refractivity contribution in [2.45, 2.75) is 0 Å². The van der Waals surface area contributed by atoms with Crippen LogP contribution in [-0.2, 0) is 0 Å². The molecular weight excluding hydrogens is 243 g/mol. The van der Waals surface area contributed by atoms with E-state index in [1.807, 2.05) is 24.3 Å². The smallest absolute Gasteiger partial charge is 0.423 e. The largest absolute Gasteiger partial charge is 0.488 e. The van der Waals surface area contributed by atoms with Crippen LogP contribution in [0.3, 0.4) is 0 Å². The van der Waals surface area contributed by atoms with E-state index < -0.39 is 7.12 Å². The minimum absolute atomic E-state index is 0.496. The highest BCUT2D eigenvalue weighted by molar-refractivity contribution is 9.10. The number of halogens is 1. The van der Waals surface area contributed by atoms with Crippen molar-refractivity contribution in [2.24, 2.45) is 0 Å². The second kappa shape index (κ2) is 3.73. The lowest BCUT2D eigenvalue weighted by molar-refractivity contribution is 0.426. The second-order valence-corrected chi connectivity index (χ2v) is 3.95. The van der Waals surface area contributed by atoms with Crippen LogP contribution < -0.4 is 5.46 Å². The minimum Gasteiger partial charge on any atom is -0.423 e. The number of hydrogen-bond acceptors (Lipinski definition) is 2. The van der Waals surface area contributed by atoms with E-state index in [0.29, 0.717) is 5.46 Å². The van der Waals surface area contributed by atoms with E-state index in [1.54, 1.807) is 12.1 Å². The second-order valence-electron chi connectivity index (χ2n) is 3.10. The maximum Gasteiger partial charge on any atom is 0.488 e. The third-order valence-electron chi connectivity index (χ3n) is 2.13. The summed E-state index contributed by atoms with van der Waals surface area (Å²) in [6, 6.07) is 11.3. The standard InChI is InChI=1S/C10H8BBrO2/c12-10-6-8(11(13)14)5-7-3-1-2-4-9(7)10/h1-6,13-14H. The van der Waals surface area contributed by atoms with Gasteiger partial charge in [0.05, 0.1) is 0 Å². The summed E-state index contributed by atoms with van der Waals surface area (Å²) < 4.78 is 0.874. The summed E-state index contributed by atoms with van der Waals surface area (Å²) in [4.78, 5) is 0. The maximum atomic E-state index is 9.04. The van der Waals surface area contributed by atoms with Gasteiger partial charge in [-0.2, -0.15) is 0 Å². The Morgan fingerprint density at radius 2 is 1.79 bits per heavy atom. The molecule has 0 saturated heterocycles. The highest BCUT2D eigenvalue weighted by Gasteiger charge is 2.12. The van der Waals surface area contributed by atoms with Crippen molar-refractivity contribution in [3.63, 3.8) is 0 Å². The van der Waals surface area contributed by atoms with Crippen molar-refractivity contribution in [2.75, 3.05) is 0 Å². The van der Waals surface area contributed by atoms with Gasteiger partial charge >= 0.3 is 7.12 Å². The zero-order valence-electron chi connectivity index (χ0n) is 7.31. The third kappa shape index (κ3) is 1.69. The lowest BCUT2D eigenvalue weighted by Crippen LogP contribution is -2.29. The third-order valence-corrected chi connectivity index (χ3v) is 2.79. The molecule has 2 N–H and O–H groups in total. The van der Waals surface area contributed by atoms with Gasteiger partial charge in [-0.3, -0.25) is 0 Å². The van der Waals surface area contributed by atoms with Gasteiger partial charge in [-0.05, 0) is 22.3 Å². The molecule has 70 valence electrons. The average Bonchev–Trinajstić information content (AvgIpc) is 2.17. The van der Waals surface area contributed by atoms with E-state index in [0.717, 1.165) is 15.2 Å². The Hall–Kier alpha value is -0.835. The summed E-state index contributed by atoms with van der Waals surface area (Å²) in [7, 11) is -1.42. The highest BCUT2D eigenvalue weighted by Crippen LogP contribution is 2.22. The predicted molar refractivity (Wildman–Crippen MR) is 61.5 cm³/mol. The van der Waals surface area contributed by atoms with Crippen molar-refractivity contribution in [3.05, 3.63) is 40.9 Å². The van der Waals surface area contributed by atoms with Crippen LogP contribution in [-0.4, -0.2) is 17.2 Å². The summed E-state index contributed by atoms with van der Waals surface area (Å²) in [5.41, 5.74) is 0.496. The maximum absolute atomic E-state index is 9.04. The molecule has 0 unspecified atom stereocenters. The summed E-state index contributed by atoms with van der Waals surface area (Å²) in [6.45, 7) is 0. The average molecular weight is 251 g/mol. The van der Waals surface area contributed by atoms with Gasteiger partial charge in [-0.15, -0.1) is 0 Å². The lowest BCUT2D eigenvalue weighted by Gasteiger charge is -2.04. The molecule has 0 aliphatic carbocycles. The molecule has 0 aliphatic rings. The molecule has 0 spiro atoms. The SMILES string of the molecule is OB(O)c1cc(Br)c2ccccc2c1. The lowest BCUT2D eigenvalue weighted by atomic mass is 9.79. The fourth-order valence-corrected chi connectivity index (χ4v) is 2.06. The van der Waals surface area contributed by atoms with Gasteiger partial charge in [0.25, 0.3) is 0 Å². The molecule has 2 aromatic rings. The van der Waals surface area contributed by atoms with Gasteiger partial charge in [-0.25, -0.2) is 0 Å². The van der Waals surface area contributed by atoms with E-state index in [4.69, 9.17) is 10.0 Å². The fourth-order valence-electron chi connectivity index (χ4n) is 1.43. The van der Waals surface area contributed by atoms with Crippen LogP contribution >= 0.6 is 15.9 Å². The van der Waals surface area contributed by atoms with E-state index >= 15 is 0 Å². The number of benzene rings is 2. The molecule has 2 rings (SSSR count). The van der Waals surface area contributed by atoms with Gasteiger partial charge in [0.15, 0.2) is 0 Å². The Bertz CT molecular complexity index is 471. The van der Waals surface area contributed by atoms with Crippen molar-refractivity contribution in [3.8, 4) is 0 Å². The first-order valence-electron chi connectivity index (χ1n) is 4.23. The van der Waals surface area contributed by atoms with E-state index in [2.05, 4.69) is 15.9 Å². The molecule has 0 fully saturated rings. The van der Waals surface area contributed by atoms with Crippen LogP contribution in [0.2, 0.25) is 0 Å². The Balaban J connectivity index is 2.72. The molecule has 0 radical (unpaired) electrons. The number of hydrogen-bond donors (Lipinski definition) is 2. The van der Waals surface area contributed by atoms with E-state index in [9.17, 15) is 0 Å². The molecule has 4 heteroatoms. The van der Waals surface area contributed by atoms with Gasteiger partial charge in [0, 0.05) is 4.47 Å². The van der Waals surface area contributed by atoms with Crippen molar-refractivity contribution < 1.29 is 10.0 Å². The Kier molecular flexibility index (Phi) is 2.59. The van der Waals surface area contributed by atoms with Crippen LogP contribution in [0.15, 0.2) is 40.9 Å². The molecule has 0 aliphatic heterocycles. The molecular formula is C10H8BBrO2. The van der Waals surface area contributed by atoms with Crippen LogP contribution in [0.1, 0.15) is 0 Å². The molecule has 0 amide bonds. The van der Waals surface area contributed by atoms with Crippen LogP contribution in [0.25, 0.3) is 10.8 Å². The molecule has 0 heterocycles. The molecule has 0 saturated carbocycles. The molecule has 0 atom stereocenters. The van der Waals surface area contributed by atoms with E-state index in [-0.39, 0.29) is 0 Å². The van der Waals surface area contributed by atoms with Crippen molar-refractivity contribution in [1.82, 2.24) is 0 Å². The quantitative estimate of drug-likeness (QED) is 0.749. The minimum atomic E-state index is -1.42. The van der Waals surface area contributed by atoms with E-state index in [1.165, 1.54) is 0 Å². The summed E-state index contributed by atoms with van der Waals surface area (Å²) in [5, 5.41) is 20.1. The van der Waals surface area contributed by atoms with Crippen LogP contribution in [0, 0.1) is 0 Å². The summed E-state index contributed by atoms with van der Waals surface area (Å²) >= 11 is 3.39. The van der Waals surface area contributed by atoms with Crippen LogP contribution in [0.4, 0.5) is 0 Å². The summed E-state index contributed by atoms with van der Waals surface area (Å²) in [5.74, 6) is 0. The fraction of sp³-hybridized carbons (Fsp3) is 0. The first-order chi connectivity index (χ1) is 6.68. The molecule has 14 heavy (non-hydrogen) atoms. The topological polar surface area (TPSA) is 40.5 Å². The molecule has 2 aromatic carbocycles. The van der Waals surface area contributed by atoms with Gasteiger partial charge in [0.1, 0.15) is 0 Å². The Morgan fingerprint density at radius 3 is 2.50 bits per heavy atom.